The van der Waals surface area contributed by atoms with E-state index in [1.807, 2.05) is 0 Å². The number of amides is 2. The van der Waals surface area contributed by atoms with E-state index in [1.54, 1.807) is 31.2 Å². The van der Waals surface area contributed by atoms with E-state index in [0.29, 0.717) is 18.1 Å². The highest BCUT2D eigenvalue weighted by atomic mass is 79.9. The Kier molecular flexibility index (Phi) is 4.38. The predicted octanol–water partition coefficient (Wildman–Crippen LogP) is 1.97. The molecule has 2 aromatic heterocycles. The maximum absolute atomic E-state index is 11.7. The van der Waals surface area contributed by atoms with Crippen molar-refractivity contribution >= 4 is 39.2 Å². The highest BCUT2D eigenvalue weighted by Crippen LogP contribution is 2.30. The average molecular weight is 346 g/mol. The zero-order valence-corrected chi connectivity index (χ0v) is 12.7. The second-order valence-electron chi connectivity index (χ2n) is 3.64. The van der Waals surface area contributed by atoms with E-state index in [4.69, 9.17) is 4.74 Å². The van der Waals surface area contributed by atoms with Gasteiger partial charge < -0.3 is 15.4 Å². The van der Waals surface area contributed by atoms with Gasteiger partial charge in [0.1, 0.15) is 0 Å². The summed E-state index contributed by atoms with van der Waals surface area (Å²) in [7, 11) is 3.33. The Balaban J connectivity index is 1.88. The van der Waals surface area contributed by atoms with Crippen LogP contribution in [0.5, 0.6) is 5.88 Å². The Morgan fingerprint density at radius 3 is 3.00 bits per heavy atom. The lowest BCUT2D eigenvalue weighted by molar-refractivity contribution is 0.252. The van der Waals surface area contributed by atoms with Crippen LogP contribution in [0.4, 0.5) is 10.5 Å². The van der Waals surface area contributed by atoms with Crippen LogP contribution in [-0.4, -0.2) is 27.3 Å². The summed E-state index contributed by atoms with van der Waals surface area (Å²) in [6, 6.07) is -0.299. The van der Waals surface area contributed by atoms with Crippen LogP contribution in [0.2, 0.25) is 0 Å². The van der Waals surface area contributed by atoms with Gasteiger partial charge in [0, 0.05) is 13.2 Å². The van der Waals surface area contributed by atoms with Gasteiger partial charge in [-0.05, 0) is 27.5 Å². The maximum atomic E-state index is 11.7. The fourth-order valence-corrected chi connectivity index (χ4v) is 2.74. The van der Waals surface area contributed by atoms with Crippen molar-refractivity contribution < 1.29 is 9.53 Å². The molecule has 2 rings (SSSR count). The van der Waals surface area contributed by atoms with Crippen molar-refractivity contribution in [2.45, 2.75) is 6.54 Å². The summed E-state index contributed by atoms with van der Waals surface area (Å²) in [5.74, 6) is 0.523. The van der Waals surface area contributed by atoms with Crippen LogP contribution in [0, 0.1) is 0 Å². The highest BCUT2D eigenvalue weighted by Gasteiger charge is 2.12. The van der Waals surface area contributed by atoms with Crippen LogP contribution in [0.1, 0.15) is 4.88 Å². The van der Waals surface area contributed by atoms with E-state index in [1.165, 1.54) is 11.5 Å². The first-order chi connectivity index (χ1) is 9.10. The van der Waals surface area contributed by atoms with Gasteiger partial charge in [-0.3, -0.25) is 4.68 Å². The zero-order chi connectivity index (χ0) is 13.8. The standard InChI is InChI=1S/C10H12BrN5O2S/c1-16-5-6(3-13-16)14-10(17)12-4-7-8(11)9(18-2)15-19-7/h3,5H,4H2,1-2H3,(H2,12,14,17). The Hall–Kier alpha value is -1.61. The molecule has 102 valence electrons. The van der Waals surface area contributed by atoms with Crippen molar-refractivity contribution in [3.63, 3.8) is 0 Å². The molecule has 0 unspecified atom stereocenters. The van der Waals surface area contributed by atoms with E-state index in [9.17, 15) is 4.79 Å². The number of aromatic nitrogens is 3. The number of methoxy groups -OCH3 is 1. The number of halogens is 1. The summed E-state index contributed by atoms with van der Waals surface area (Å²) in [4.78, 5) is 12.5. The van der Waals surface area contributed by atoms with Crippen molar-refractivity contribution in [3.05, 3.63) is 21.7 Å². The number of ether oxygens (including phenoxy) is 1. The number of rotatable bonds is 4. The van der Waals surface area contributed by atoms with E-state index < -0.39 is 0 Å². The van der Waals surface area contributed by atoms with Gasteiger partial charge in [-0.25, -0.2) is 4.79 Å². The lowest BCUT2D eigenvalue weighted by Crippen LogP contribution is -2.27. The molecule has 2 N–H and O–H groups in total. The number of urea groups is 1. The second kappa shape index (κ2) is 6.02. The zero-order valence-electron chi connectivity index (χ0n) is 10.3. The van der Waals surface area contributed by atoms with Gasteiger partial charge in [0.05, 0.1) is 34.9 Å². The molecule has 0 radical (unpaired) electrons. The SMILES string of the molecule is COc1nsc(CNC(=O)Nc2cnn(C)c2)c1Br. The molecule has 0 aromatic carbocycles. The third-order valence-electron chi connectivity index (χ3n) is 2.24. The molecule has 9 heteroatoms. The van der Waals surface area contributed by atoms with Crippen molar-refractivity contribution in [1.82, 2.24) is 19.5 Å². The van der Waals surface area contributed by atoms with Crippen LogP contribution in [-0.2, 0) is 13.6 Å². The number of anilines is 1. The van der Waals surface area contributed by atoms with Gasteiger partial charge in [0.2, 0.25) is 5.88 Å². The van der Waals surface area contributed by atoms with Gasteiger partial charge in [0.15, 0.2) is 0 Å². The number of carbonyl (C=O) groups excluding carboxylic acids is 1. The molecule has 0 atom stereocenters. The summed E-state index contributed by atoms with van der Waals surface area (Å²) in [5, 5.41) is 9.37. The van der Waals surface area contributed by atoms with Gasteiger partial charge in [0.25, 0.3) is 0 Å². The van der Waals surface area contributed by atoms with E-state index in [0.717, 1.165) is 9.35 Å². The van der Waals surface area contributed by atoms with E-state index in [-0.39, 0.29) is 6.03 Å². The van der Waals surface area contributed by atoms with Crippen LogP contribution < -0.4 is 15.4 Å². The Morgan fingerprint density at radius 1 is 1.63 bits per heavy atom. The lowest BCUT2D eigenvalue weighted by Gasteiger charge is -2.04. The summed E-state index contributed by atoms with van der Waals surface area (Å²) >= 11 is 4.64. The van der Waals surface area contributed by atoms with Crippen LogP contribution in [0.15, 0.2) is 16.9 Å². The molecule has 7 nitrogen and oxygen atoms in total. The van der Waals surface area contributed by atoms with Gasteiger partial charge >= 0.3 is 6.03 Å². The Morgan fingerprint density at radius 2 is 2.42 bits per heavy atom. The quantitative estimate of drug-likeness (QED) is 0.887. The minimum Gasteiger partial charge on any atom is -0.480 e. The lowest BCUT2D eigenvalue weighted by atomic mass is 10.4. The van der Waals surface area contributed by atoms with E-state index in [2.05, 4.69) is 36.0 Å². The van der Waals surface area contributed by atoms with E-state index >= 15 is 0 Å². The number of nitrogens with zero attached hydrogens (tertiary/aromatic N) is 3. The molecule has 0 aliphatic heterocycles. The topological polar surface area (TPSA) is 81.1 Å². The number of carbonyl (C=O) groups is 1. The monoisotopic (exact) mass is 345 g/mol. The fourth-order valence-electron chi connectivity index (χ4n) is 1.35. The smallest absolute Gasteiger partial charge is 0.319 e. The average Bonchev–Trinajstić information content (AvgIpc) is 2.93. The number of aryl methyl sites for hydroxylation is 1. The second-order valence-corrected chi connectivity index (χ2v) is 5.29. The summed E-state index contributed by atoms with van der Waals surface area (Å²) in [6.45, 7) is 0.369. The summed E-state index contributed by atoms with van der Waals surface area (Å²) in [5.41, 5.74) is 0.640. The maximum Gasteiger partial charge on any atom is 0.319 e. The first kappa shape index (κ1) is 13.8. The molecule has 0 saturated carbocycles. The molecule has 0 aliphatic rings. The molecule has 0 bridgehead atoms. The molecule has 0 fully saturated rings. The predicted molar refractivity (Wildman–Crippen MR) is 75.4 cm³/mol. The summed E-state index contributed by atoms with van der Waals surface area (Å²) < 4.78 is 11.5. The van der Waals surface area contributed by atoms with Gasteiger partial charge in [-0.15, -0.1) is 0 Å². The first-order valence-corrected chi connectivity index (χ1v) is 6.88. The molecular weight excluding hydrogens is 334 g/mol. The van der Waals surface area contributed by atoms with Crippen LogP contribution >= 0.6 is 27.5 Å². The Labute approximate surface area is 122 Å². The molecular formula is C10H12BrN5O2S. The number of nitrogens with one attached hydrogen (secondary N) is 2. The van der Waals surface area contributed by atoms with Crippen molar-refractivity contribution in [3.8, 4) is 5.88 Å². The minimum absolute atomic E-state index is 0.299. The van der Waals surface area contributed by atoms with Crippen molar-refractivity contribution in [1.29, 1.82) is 0 Å². The third-order valence-corrected chi connectivity index (χ3v) is 4.14. The summed E-state index contributed by atoms with van der Waals surface area (Å²) in [6.07, 6.45) is 3.29. The largest absolute Gasteiger partial charge is 0.480 e. The molecule has 2 amide bonds. The van der Waals surface area contributed by atoms with Crippen LogP contribution in [0.25, 0.3) is 0 Å². The molecule has 0 saturated heterocycles. The normalized spacial score (nSPS) is 10.3. The molecule has 0 spiro atoms. The fraction of sp³-hybridized carbons (Fsp3) is 0.300. The Bertz CT molecular complexity index is 582. The number of hydrogen-bond acceptors (Lipinski definition) is 5. The highest BCUT2D eigenvalue weighted by molar-refractivity contribution is 9.10. The molecule has 19 heavy (non-hydrogen) atoms. The minimum atomic E-state index is -0.299. The van der Waals surface area contributed by atoms with Crippen molar-refractivity contribution in [2.75, 3.05) is 12.4 Å². The van der Waals surface area contributed by atoms with Crippen molar-refractivity contribution in [2.24, 2.45) is 7.05 Å². The molecule has 2 heterocycles. The van der Waals surface area contributed by atoms with Crippen LogP contribution in [0.3, 0.4) is 0 Å². The number of hydrogen-bond donors (Lipinski definition) is 2. The molecule has 0 aliphatic carbocycles. The van der Waals surface area contributed by atoms with Gasteiger partial charge in [-0.1, -0.05) is 0 Å². The van der Waals surface area contributed by atoms with Gasteiger partial charge in [-0.2, -0.15) is 9.47 Å². The first-order valence-electron chi connectivity index (χ1n) is 5.31. The molecule has 2 aromatic rings. The third kappa shape index (κ3) is 3.44.